The molecule has 0 aliphatic rings. The summed E-state index contributed by atoms with van der Waals surface area (Å²) in [6, 6.07) is 9.11. The van der Waals surface area contributed by atoms with Crippen LogP contribution in [0.15, 0.2) is 57.8 Å². The largest absolute Gasteiger partial charge is 0.465 e. The summed E-state index contributed by atoms with van der Waals surface area (Å²) in [5.74, 6) is 1.17. The van der Waals surface area contributed by atoms with E-state index in [-0.39, 0.29) is 5.91 Å². The Morgan fingerprint density at radius 1 is 1.32 bits per heavy atom. The molecule has 112 valence electrons. The van der Waals surface area contributed by atoms with Gasteiger partial charge in [-0.2, -0.15) is 5.10 Å². The Kier molecular flexibility index (Phi) is 3.91. The van der Waals surface area contributed by atoms with Crippen molar-refractivity contribution in [3.63, 3.8) is 0 Å². The molecule has 3 rings (SSSR count). The van der Waals surface area contributed by atoms with E-state index in [1.807, 2.05) is 25.2 Å². The predicted octanol–water partition coefficient (Wildman–Crippen LogP) is 2.60. The summed E-state index contributed by atoms with van der Waals surface area (Å²) in [7, 11) is 1.83. The van der Waals surface area contributed by atoms with Gasteiger partial charge in [-0.15, -0.1) is 0 Å². The number of carbonyl (C=O) groups is 1. The van der Waals surface area contributed by atoms with Crippen LogP contribution in [-0.4, -0.2) is 15.7 Å². The van der Waals surface area contributed by atoms with E-state index in [1.165, 1.54) is 6.08 Å². The van der Waals surface area contributed by atoms with Crippen molar-refractivity contribution in [3.8, 4) is 11.5 Å². The number of amides is 1. The van der Waals surface area contributed by atoms with Gasteiger partial charge in [0.15, 0.2) is 5.76 Å². The van der Waals surface area contributed by atoms with Gasteiger partial charge in [0.25, 0.3) is 0 Å². The van der Waals surface area contributed by atoms with E-state index in [2.05, 4.69) is 10.4 Å². The molecule has 3 heterocycles. The van der Waals surface area contributed by atoms with Crippen molar-refractivity contribution in [1.82, 2.24) is 15.1 Å². The van der Waals surface area contributed by atoms with Gasteiger partial charge < -0.3 is 14.2 Å². The topological polar surface area (TPSA) is 73.2 Å². The van der Waals surface area contributed by atoms with E-state index in [0.29, 0.717) is 12.3 Å². The molecule has 0 atom stereocenters. The molecular weight excluding hydrogens is 282 g/mol. The zero-order valence-electron chi connectivity index (χ0n) is 12.0. The zero-order chi connectivity index (χ0) is 15.4. The highest BCUT2D eigenvalue weighted by Gasteiger charge is 2.09. The maximum atomic E-state index is 11.7. The molecule has 0 spiro atoms. The molecule has 6 heteroatoms. The van der Waals surface area contributed by atoms with Crippen LogP contribution in [0.25, 0.3) is 17.5 Å². The number of furan rings is 2. The molecule has 3 aromatic rings. The number of nitrogens with one attached hydrogen (secondary N) is 1. The molecule has 0 radical (unpaired) electrons. The smallest absolute Gasteiger partial charge is 0.244 e. The summed E-state index contributed by atoms with van der Waals surface area (Å²) in [4.78, 5) is 11.7. The van der Waals surface area contributed by atoms with Crippen molar-refractivity contribution < 1.29 is 13.6 Å². The Balaban J connectivity index is 1.60. The van der Waals surface area contributed by atoms with E-state index >= 15 is 0 Å². The molecule has 3 aromatic heterocycles. The summed E-state index contributed by atoms with van der Waals surface area (Å²) in [6.45, 7) is 0.343. The van der Waals surface area contributed by atoms with Crippen LogP contribution >= 0.6 is 0 Å². The summed E-state index contributed by atoms with van der Waals surface area (Å²) in [6.07, 6.45) is 6.21. The van der Waals surface area contributed by atoms with Gasteiger partial charge in [0.2, 0.25) is 5.91 Å². The van der Waals surface area contributed by atoms with Crippen LogP contribution in [-0.2, 0) is 18.4 Å². The minimum atomic E-state index is -0.207. The van der Waals surface area contributed by atoms with Crippen molar-refractivity contribution in [2.24, 2.45) is 7.05 Å². The second-order valence-electron chi connectivity index (χ2n) is 4.69. The van der Waals surface area contributed by atoms with Gasteiger partial charge in [-0.05, 0) is 36.4 Å². The highest BCUT2D eigenvalue weighted by molar-refractivity contribution is 5.91. The van der Waals surface area contributed by atoms with Crippen molar-refractivity contribution in [3.05, 3.63) is 60.4 Å². The second kappa shape index (κ2) is 6.17. The minimum absolute atomic E-state index is 0.207. The first-order valence-corrected chi connectivity index (χ1v) is 6.78. The molecular formula is C16H15N3O3. The molecule has 0 unspecified atom stereocenters. The average molecular weight is 297 g/mol. The third kappa shape index (κ3) is 3.17. The van der Waals surface area contributed by atoms with E-state index in [9.17, 15) is 4.79 Å². The Bertz CT molecular complexity index is 768. The molecule has 1 N–H and O–H groups in total. The monoisotopic (exact) mass is 297 g/mol. The first-order valence-electron chi connectivity index (χ1n) is 6.78. The molecule has 0 aromatic carbocycles. The molecule has 0 bridgehead atoms. The molecule has 0 fully saturated rings. The third-order valence-corrected chi connectivity index (χ3v) is 3.09. The summed E-state index contributed by atoms with van der Waals surface area (Å²) in [5.41, 5.74) is 1.62. The molecule has 0 aliphatic carbocycles. The lowest BCUT2D eigenvalue weighted by molar-refractivity contribution is -0.116. The highest BCUT2D eigenvalue weighted by Crippen LogP contribution is 2.19. The quantitative estimate of drug-likeness (QED) is 0.735. The van der Waals surface area contributed by atoms with Gasteiger partial charge in [0, 0.05) is 13.1 Å². The first kappa shape index (κ1) is 13.9. The summed E-state index contributed by atoms with van der Waals surface area (Å²) < 4.78 is 12.2. The number of hydrogen-bond acceptors (Lipinski definition) is 4. The fourth-order valence-corrected chi connectivity index (χ4v) is 2.05. The Labute approximate surface area is 127 Å². The molecule has 6 nitrogen and oxygen atoms in total. The molecule has 0 saturated carbocycles. The standard InChI is InChI=1S/C16H15N3O3/c1-19-14(15-5-3-9-22-15)10-12(18-19)11-17-16(20)7-6-13-4-2-8-21-13/h2-10H,11H2,1H3,(H,17,20)/b7-6+. The first-order chi connectivity index (χ1) is 10.7. The Morgan fingerprint density at radius 3 is 2.86 bits per heavy atom. The number of nitrogens with zero attached hydrogens (tertiary/aromatic N) is 2. The number of hydrogen-bond donors (Lipinski definition) is 1. The summed E-state index contributed by atoms with van der Waals surface area (Å²) >= 11 is 0. The van der Waals surface area contributed by atoms with E-state index in [4.69, 9.17) is 8.83 Å². The van der Waals surface area contributed by atoms with Crippen molar-refractivity contribution in [1.29, 1.82) is 0 Å². The predicted molar refractivity (Wildman–Crippen MR) is 80.5 cm³/mol. The van der Waals surface area contributed by atoms with Crippen LogP contribution in [0.3, 0.4) is 0 Å². The normalized spacial score (nSPS) is 11.1. The van der Waals surface area contributed by atoms with Crippen molar-refractivity contribution in [2.45, 2.75) is 6.54 Å². The van der Waals surface area contributed by atoms with Crippen LogP contribution in [0.1, 0.15) is 11.5 Å². The Hall–Kier alpha value is -3.02. The molecule has 0 saturated heterocycles. The van der Waals surface area contributed by atoms with Gasteiger partial charge in [-0.25, -0.2) is 0 Å². The van der Waals surface area contributed by atoms with Gasteiger partial charge in [-0.3, -0.25) is 9.48 Å². The zero-order valence-corrected chi connectivity index (χ0v) is 12.0. The van der Waals surface area contributed by atoms with E-state index < -0.39 is 0 Å². The van der Waals surface area contributed by atoms with Crippen LogP contribution in [0.2, 0.25) is 0 Å². The van der Waals surface area contributed by atoms with Crippen LogP contribution < -0.4 is 5.32 Å². The van der Waals surface area contributed by atoms with Crippen LogP contribution in [0.4, 0.5) is 0 Å². The number of rotatable bonds is 5. The van der Waals surface area contributed by atoms with Crippen LogP contribution in [0, 0.1) is 0 Å². The minimum Gasteiger partial charge on any atom is -0.465 e. The molecule has 22 heavy (non-hydrogen) atoms. The van der Waals surface area contributed by atoms with Gasteiger partial charge in [-0.1, -0.05) is 0 Å². The second-order valence-corrected chi connectivity index (χ2v) is 4.69. The van der Waals surface area contributed by atoms with E-state index in [1.54, 1.807) is 35.4 Å². The third-order valence-electron chi connectivity index (χ3n) is 3.09. The van der Waals surface area contributed by atoms with E-state index in [0.717, 1.165) is 17.1 Å². The van der Waals surface area contributed by atoms with Gasteiger partial charge >= 0.3 is 0 Å². The number of aromatic nitrogens is 2. The van der Waals surface area contributed by atoms with Crippen LogP contribution in [0.5, 0.6) is 0 Å². The lowest BCUT2D eigenvalue weighted by Gasteiger charge is -1.97. The lowest BCUT2D eigenvalue weighted by atomic mass is 10.3. The van der Waals surface area contributed by atoms with Crippen molar-refractivity contribution >= 4 is 12.0 Å². The SMILES string of the molecule is Cn1nc(CNC(=O)/C=C/c2ccco2)cc1-c1ccco1. The Morgan fingerprint density at radius 2 is 2.14 bits per heavy atom. The molecule has 1 amide bonds. The van der Waals surface area contributed by atoms with Gasteiger partial charge in [0.05, 0.1) is 24.8 Å². The number of aryl methyl sites for hydroxylation is 1. The summed E-state index contributed by atoms with van der Waals surface area (Å²) in [5, 5.41) is 7.12. The average Bonchev–Trinajstić information content (AvgIpc) is 3.24. The fourth-order valence-electron chi connectivity index (χ4n) is 2.05. The number of carbonyl (C=O) groups excluding carboxylic acids is 1. The highest BCUT2D eigenvalue weighted by atomic mass is 16.3. The van der Waals surface area contributed by atoms with Crippen molar-refractivity contribution in [2.75, 3.05) is 0 Å². The molecule has 0 aliphatic heterocycles. The fraction of sp³-hybridized carbons (Fsp3) is 0.125. The van der Waals surface area contributed by atoms with Gasteiger partial charge in [0.1, 0.15) is 11.5 Å². The lowest BCUT2D eigenvalue weighted by Crippen LogP contribution is -2.20. The maximum Gasteiger partial charge on any atom is 0.244 e. The maximum absolute atomic E-state index is 11.7.